The van der Waals surface area contributed by atoms with Crippen LogP contribution in [-0.2, 0) is 4.79 Å². The number of nitrogens with zero attached hydrogens (tertiary/aromatic N) is 2. The second kappa shape index (κ2) is 6.76. The van der Waals surface area contributed by atoms with E-state index in [1.165, 1.54) is 6.08 Å². The first-order valence-corrected chi connectivity index (χ1v) is 7.40. The molecule has 2 rings (SSSR count). The highest BCUT2D eigenvalue weighted by Gasteiger charge is 2.21. The van der Waals surface area contributed by atoms with Crippen molar-refractivity contribution in [3.63, 3.8) is 0 Å². The number of likely N-dealkylation sites (tertiary alicyclic amines) is 1. The molecule has 0 aromatic heterocycles. The molecule has 0 saturated carbocycles. The first-order chi connectivity index (χ1) is 9.97. The summed E-state index contributed by atoms with van der Waals surface area (Å²) >= 11 is 0. The molecule has 4 nitrogen and oxygen atoms in total. The first-order valence-electron chi connectivity index (χ1n) is 7.40. The quantitative estimate of drug-likeness (QED) is 0.865. The van der Waals surface area contributed by atoms with Gasteiger partial charge in [0, 0.05) is 24.9 Å². The normalized spacial score (nSPS) is 17.3. The average molecular weight is 288 g/mol. The maximum absolute atomic E-state index is 10.8. The summed E-state index contributed by atoms with van der Waals surface area (Å²) in [4.78, 5) is 15.4. The van der Waals surface area contributed by atoms with Gasteiger partial charge in [-0.1, -0.05) is 11.6 Å². The van der Waals surface area contributed by atoms with E-state index in [-0.39, 0.29) is 0 Å². The molecule has 0 radical (unpaired) electrons. The van der Waals surface area contributed by atoms with Crippen molar-refractivity contribution in [1.82, 2.24) is 4.90 Å². The largest absolute Gasteiger partial charge is 0.478 e. The third-order valence-corrected chi connectivity index (χ3v) is 4.20. The molecular formula is C17H24N2O2. The van der Waals surface area contributed by atoms with Crippen LogP contribution in [0.4, 0.5) is 5.69 Å². The van der Waals surface area contributed by atoms with Gasteiger partial charge in [-0.05, 0) is 63.7 Å². The number of rotatable bonds is 4. The fourth-order valence-electron chi connectivity index (χ4n) is 2.87. The summed E-state index contributed by atoms with van der Waals surface area (Å²) in [6, 6.07) is 6.73. The summed E-state index contributed by atoms with van der Waals surface area (Å²) in [7, 11) is 4.27. The SMILES string of the molecule is Cc1ccc(N(C)C2CCN(C)CC2)c(/C=C/C(=O)O)c1. The Kier molecular flexibility index (Phi) is 5.02. The maximum Gasteiger partial charge on any atom is 0.328 e. The second-order valence-corrected chi connectivity index (χ2v) is 5.88. The van der Waals surface area contributed by atoms with Crippen LogP contribution >= 0.6 is 0 Å². The Balaban J connectivity index is 2.23. The minimum absolute atomic E-state index is 0.515. The first kappa shape index (κ1) is 15.6. The average Bonchev–Trinajstić information content (AvgIpc) is 2.45. The van der Waals surface area contributed by atoms with Crippen molar-refractivity contribution < 1.29 is 9.90 Å². The van der Waals surface area contributed by atoms with Gasteiger partial charge in [-0.25, -0.2) is 4.79 Å². The highest BCUT2D eigenvalue weighted by Crippen LogP contribution is 2.27. The number of anilines is 1. The van der Waals surface area contributed by atoms with Crippen molar-refractivity contribution in [2.75, 3.05) is 32.1 Å². The van der Waals surface area contributed by atoms with E-state index in [9.17, 15) is 4.79 Å². The summed E-state index contributed by atoms with van der Waals surface area (Å²) in [5, 5.41) is 8.85. The summed E-state index contributed by atoms with van der Waals surface area (Å²) in [6.07, 6.45) is 5.18. The van der Waals surface area contributed by atoms with Gasteiger partial charge in [0.25, 0.3) is 0 Å². The minimum Gasteiger partial charge on any atom is -0.478 e. The van der Waals surface area contributed by atoms with Gasteiger partial charge in [0.1, 0.15) is 0 Å². The van der Waals surface area contributed by atoms with E-state index in [0.717, 1.165) is 42.7 Å². The van der Waals surface area contributed by atoms with Crippen LogP contribution in [0.5, 0.6) is 0 Å². The van der Waals surface area contributed by atoms with Gasteiger partial charge < -0.3 is 14.9 Å². The Hall–Kier alpha value is -1.81. The van der Waals surface area contributed by atoms with E-state index in [1.54, 1.807) is 6.08 Å². The Morgan fingerprint density at radius 1 is 1.38 bits per heavy atom. The number of carboxylic acids is 1. The van der Waals surface area contributed by atoms with Gasteiger partial charge in [0.05, 0.1) is 0 Å². The van der Waals surface area contributed by atoms with Crippen molar-refractivity contribution in [1.29, 1.82) is 0 Å². The Labute approximate surface area is 126 Å². The molecular weight excluding hydrogens is 264 g/mol. The zero-order chi connectivity index (χ0) is 15.4. The van der Waals surface area contributed by atoms with E-state index in [0.29, 0.717) is 6.04 Å². The number of aliphatic carboxylic acids is 1. The summed E-state index contributed by atoms with van der Waals surface area (Å²) < 4.78 is 0. The maximum atomic E-state index is 10.8. The number of benzene rings is 1. The molecule has 1 aliphatic heterocycles. The van der Waals surface area contributed by atoms with Crippen molar-refractivity contribution in [3.05, 3.63) is 35.4 Å². The monoisotopic (exact) mass is 288 g/mol. The van der Waals surface area contributed by atoms with Crippen LogP contribution in [0.3, 0.4) is 0 Å². The molecule has 114 valence electrons. The molecule has 0 unspecified atom stereocenters. The van der Waals surface area contributed by atoms with Gasteiger partial charge >= 0.3 is 5.97 Å². The number of aryl methyl sites for hydroxylation is 1. The topological polar surface area (TPSA) is 43.8 Å². The van der Waals surface area contributed by atoms with Crippen LogP contribution in [-0.4, -0.2) is 49.2 Å². The predicted molar refractivity (Wildman–Crippen MR) is 86.8 cm³/mol. The molecule has 1 heterocycles. The third-order valence-electron chi connectivity index (χ3n) is 4.20. The lowest BCUT2D eigenvalue weighted by Crippen LogP contribution is -2.42. The fourth-order valence-corrected chi connectivity index (χ4v) is 2.87. The molecule has 0 atom stereocenters. The summed E-state index contributed by atoms with van der Waals surface area (Å²) in [5.74, 6) is -0.913. The number of piperidine rings is 1. The molecule has 1 N–H and O–H groups in total. The van der Waals surface area contributed by atoms with E-state index in [4.69, 9.17) is 5.11 Å². The molecule has 0 amide bonds. The lowest BCUT2D eigenvalue weighted by Gasteiger charge is -2.37. The van der Waals surface area contributed by atoms with Gasteiger partial charge in [-0.3, -0.25) is 0 Å². The summed E-state index contributed by atoms with van der Waals surface area (Å²) in [5.41, 5.74) is 3.21. The smallest absolute Gasteiger partial charge is 0.328 e. The number of hydrogen-bond acceptors (Lipinski definition) is 3. The molecule has 1 saturated heterocycles. The van der Waals surface area contributed by atoms with Crippen molar-refractivity contribution in [2.24, 2.45) is 0 Å². The van der Waals surface area contributed by atoms with E-state index >= 15 is 0 Å². The molecule has 1 aromatic rings. The highest BCUT2D eigenvalue weighted by atomic mass is 16.4. The second-order valence-electron chi connectivity index (χ2n) is 5.88. The lowest BCUT2D eigenvalue weighted by atomic mass is 10.0. The number of carbonyl (C=O) groups is 1. The van der Waals surface area contributed by atoms with Crippen LogP contribution in [0.25, 0.3) is 6.08 Å². The van der Waals surface area contributed by atoms with Crippen molar-refractivity contribution in [3.8, 4) is 0 Å². The third kappa shape index (κ3) is 4.08. The van der Waals surface area contributed by atoms with Crippen LogP contribution in [0, 0.1) is 6.92 Å². The molecule has 1 aliphatic rings. The standard InChI is InChI=1S/C17H24N2O2/c1-13-4-6-16(14(12-13)5-7-17(20)21)19(3)15-8-10-18(2)11-9-15/h4-7,12,15H,8-11H2,1-3H3,(H,20,21)/b7-5+. The van der Waals surface area contributed by atoms with Gasteiger partial charge in [-0.2, -0.15) is 0 Å². The van der Waals surface area contributed by atoms with E-state index < -0.39 is 5.97 Å². The fraction of sp³-hybridized carbons (Fsp3) is 0.471. The van der Waals surface area contributed by atoms with Gasteiger partial charge in [-0.15, -0.1) is 0 Å². The minimum atomic E-state index is -0.913. The molecule has 0 aliphatic carbocycles. The molecule has 0 spiro atoms. The Morgan fingerprint density at radius 2 is 2.05 bits per heavy atom. The van der Waals surface area contributed by atoms with Crippen LogP contribution in [0.1, 0.15) is 24.0 Å². The number of carboxylic acid groups (broad SMARTS) is 1. The number of hydrogen-bond donors (Lipinski definition) is 1. The molecule has 0 bridgehead atoms. The zero-order valence-electron chi connectivity index (χ0n) is 13.0. The molecule has 1 fully saturated rings. The van der Waals surface area contributed by atoms with E-state index in [1.807, 2.05) is 13.0 Å². The molecule has 21 heavy (non-hydrogen) atoms. The molecule has 4 heteroatoms. The zero-order valence-corrected chi connectivity index (χ0v) is 13.0. The Bertz CT molecular complexity index is 532. The Morgan fingerprint density at radius 3 is 2.67 bits per heavy atom. The van der Waals surface area contributed by atoms with Crippen LogP contribution < -0.4 is 4.90 Å². The van der Waals surface area contributed by atoms with Crippen LogP contribution in [0.2, 0.25) is 0 Å². The predicted octanol–water partition coefficient (Wildman–Crippen LogP) is 2.62. The van der Waals surface area contributed by atoms with Gasteiger partial charge in [0.15, 0.2) is 0 Å². The lowest BCUT2D eigenvalue weighted by molar-refractivity contribution is -0.131. The highest BCUT2D eigenvalue weighted by molar-refractivity contribution is 5.87. The van der Waals surface area contributed by atoms with Crippen molar-refractivity contribution in [2.45, 2.75) is 25.8 Å². The molecule has 1 aromatic carbocycles. The van der Waals surface area contributed by atoms with Crippen LogP contribution in [0.15, 0.2) is 24.3 Å². The van der Waals surface area contributed by atoms with E-state index in [2.05, 4.69) is 36.0 Å². The summed E-state index contributed by atoms with van der Waals surface area (Å²) in [6.45, 7) is 4.25. The van der Waals surface area contributed by atoms with Gasteiger partial charge in [0.2, 0.25) is 0 Å². The van der Waals surface area contributed by atoms with Crippen molar-refractivity contribution >= 4 is 17.7 Å².